The fourth-order valence-corrected chi connectivity index (χ4v) is 5.52. The van der Waals surface area contributed by atoms with Gasteiger partial charge in [0.05, 0.1) is 23.9 Å². The number of hydrogen-bond donors (Lipinski definition) is 4. The van der Waals surface area contributed by atoms with Crippen LogP contribution in [-0.2, 0) is 11.3 Å². The normalized spacial score (nSPS) is 28.5. The molecule has 0 spiro atoms. The van der Waals surface area contributed by atoms with Crippen LogP contribution in [0.3, 0.4) is 0 Å². The smallest absolute Gasteiger partial charge is 0.229 e. The summed E-state index contributed by atoms with van der Waals surface area (Å²) in [5.41, 5.74) is 1.15. The number of fused-ring (bicyclic) bond motifs is 2. The zero-order chi connectivity index (χ0) is 22.6. The fraction of sp³-hybridized carbons (Fsp3) is 0.429. The molecule has 168 valence electrons. The third kappa shape index (κ3) is 3.16. The molecule has 11 heteroatoms. The van der Waals surface area contributed by atoms with E-state index in [0.717, 1.165) is 5.56 Å². The summed E-state index contributed by atoms with van der Waals surface area (Å²) >= 11 is 7.48. The van der Waals surface area contributed by atoms with Crippen molar-refractivity contribution in [3.63, 3.8) is 0 Å². The highest BCUT2D eigenvalue weighted by Gasteiger charge is 2.75. The van der Waals surface area contributed by atoms with Crippen molar-refractivity contribution in [1.29, 1.82) is 0 Å². The van der Waals surface area contributed by atoms with Crippen molar-refractivity contribution >= 4 is 46.3 Å². The molecule has 0 radical (unpaired) electrons. The van der Waals surface area contributed by atoms with Crippen molar-refractivity contribution in [2.45, 2.75) is 36.4 Å². The van der Waals surface area contributed by atoms with Crippen LogP contribution in [0, 0.1) is 11.3 Å². The molecule has 4 N–H and O–H groups in total. The number of carbonyl (C=O) groups excluding carboxylic acids is 1. The molecule has 2 fully saturated rings. The SMILES string of the molecule is CNC(=O)[C@@]12C[C@@H]1[C@@H](n1cnc3c(NCc4cccc(Cl)c4)nc(SC)nc31)[C@H](O)[C@@H]2O. The average Bonchev–Trinajstić information content (AvgIpc) is 3.33. The number of thioether (sulfide) groups is 1. The second-order valence-corrected chi connectivity index (χ2v) is 9.43. The van der Waals surface area contributed by atoms with Gasteiger partial charge >= 0.3 is 0 Å². The molecule has 3 aromatic rings. The minimum absolute atomic E-state index is 0.194. The van der Waals surface area contributed by atoms with Crippen LogP contribution in [0.5, 0.6) is 0 Å². The maximum Gasteiger partial charge on any atom is 0.229 e. The Kier molecular flexibility index (Phi) is 5.28. The third-order valence-electron chi connectivity index (χ3n) is 6.58. The number of hydrogen-bond acceptors (Lipinski definition) is 8. The number of halogens is 1. The molecule has 0 saturated heterocycles. The van der Waals surface area contributed by atoms with Crippen LogP contribution < -0.4 is 10.6 Å². The highest BCUT2D eigenvalue weighted by Crippen LogP contribution is 2.67. The summed E-state index contributed by atoms with van der Waals surface area (Å²) in [5, 5.41) is 28.6. The largest absolute Gasteiger partial charge is 0.389 e. The summed E-state index contributed by atoms with van der Waals surface area (Å²) in [6.07, 6.45) is 1.76. The molecule has 0 bridgehead atoms. The Morgan fingerprint density at radius 1 is 1.38 bits per heavy atom. The van der Waals surface area contributed by atoms with Gasteiger partial charge in [-0.15, -0.1) is 0 Å². The van der Waals surface area contributed by atoms with Crippen molar-refractivity contribution in [1.82, 2.24) is 24.8 Å². The molecule has 2 heterocycles. The van der Waals surface area contributed by atoms with Crippen LogP contribution in [0.4, 0.5) is 5.82 Å². The number of anilines is 1. The number of carbonyl (C=O) groups is 1. The summed E-state index contributed by atoms with van der Waals surface area (Å²) in [7, 11) is 1.54. The van der Waals surface area contributed by atoms with Gasteiger partial charge in [-0.25, -0.2) is 15.0 Å². The molecular weight excluding hydrogens is 452 g/mol. The maximum atomic E-state index is 12.5. The molecule has 9 nitrogen and oxygen atoms in total. The van der Waals surface area contributed by atoms with E-state index < -0.39 is 23.7 Å². The van der Waals surface area contributed by atoms with E-state index in [2.05, 4.69) is 25.6 Å². The van der Waals surface area contributed by atoms with E-state index in [-0.39, 0.29) is 11.8 Å². The highest BCUT2D eigenvalue weighted by molar-refractivity contribution is 7.98. The number of rotatable bonds is 6. The van der Waals surface area contributed by atoms with Crippen LogP contribution >= 0.6 is 23.4 Å². The molecule has 0 unspecified atom stereocenters. The van der Waals surface area contributed by atoms with Gasteiger partial charge < -0.3 is 25.4 Å². The van der Waals surface area contributed by atoms with Crippen LogP contribution in [0.15, 0.2) is 35.7 Å². The predicted molar refractivity (Wildman–Crippen MR) is 122 cm³/mol. The van der Waals surface area contributed by atoms with Crippen molar-refractivity contribution in [2.75, 3.05) is 18.6 Å². The standard InChI is InChI=1S/C21H23ClN6O3S/c1-23-19(31)21-7-12(21)14(15(29)16(21)30)28-9-25-13-17(26-20(32-2)27-18(13)28)24-8-10-4-3-5-11(22)6-10/h3-6,9,12,14-16,29-30H,7-8H2,1-2H3,(H,23,31)(H,24,26,27)/t12-,14-,15+,16+,21+/m1/s1. The Morgan fingerprint density at radius 2 is 2.19 bits per heavy atom. The lowest BCUT2D eigenvalue weighted by Crippen LogP contribution is -2.41. The number of aliphatic hydroxyl groups excluding tert-OH is 2. The molecule has 2 aliphatic carbocycles. The second kappa shape index (κ2) is 7.87. The zero-order valence-corrected chi connectivity index (χ0v) is 19.1. The average molecular weight is 475 g/mol. The minimum Gasteiger partial charge on any atom is -0.389 e. The van der Waals surface area contributed by atoms with Gasteiger partial charge in [-0.05, 0) is 30.4 Å². The molecule has 32 heavy (non-hydrogen) atoms. The van der Waals surface area contributed by atoms with Crippen molar-refractivity contribution in [3.8, 4) is 0 Å². The van der Waals surface area contributed by atoms with Gasteiger partial charge in [-0.2, -0.15) is 0 Å². The van der Waals surface area contributed by atoms with Crippen LogP contribution in [0.1, 0.15) is 18.0 Å². The third-order valence-corrected chi connectivity index (χ3v) is 7.36. The molecule has 2 aromatic heterocycles. The molecule has 0 aliphatic heterocycles. The molecule has 2 aliphatic rings. The second-order valence-electron chi connectivity index (χ2n) is 8.22. The monoisotopic (exact) mass is 474 g/mol. The highest BCUT2D eigenvalue weighted by atomic mass is 35.5. The van der Waals surface area contributed by atoms with E-state index in [4.69, 9.17) is 11.6 Å². The van der Waals surface area contributed by atoms with E-state index in [0.29, 0.717) is 40.1 Å². The fourth-order valence-electron chi connectivity index (χ4n) is 4.95. The molecular formula is C21H23ClN6O3S. The number of nitrogens with zero attached hydrogens (tertiary/aromatic N) is 4. The summed E-state index contributed by atoms with van der Waals surface area (Å²) in [5.74, 6) is 0.129. The predicted octanol–water partition coefficient (Wildman–Crippen LogP) is 1.84. The van der Waals surface area contributed by atoms with Crippen molar-refractivity contribution in [3.05, 3.63) is 41.2 Å². The summed E-state index contributed by atoms with van der Waals surface area (Å²) in [4.78, 5) is 26.2. The van der Waals surface area contributed by atoms with Crippen LogP contribution in [0.25, 0.3) is 11.2 Å². The number of amides is 1. The topological polar surface area (TPSA) is 125 Å². The Hall–Kier alpha value is -2.40. The molecule has 2 saturated carbocycles. The first-order chi connectivity index (χ1) is 15.4. The van der Waals surface area contributed by atoms with E-state index in [9.17, 15) is 15.0 Å². The van der Waals surface area contributed by atoms with E-state index >= 15 is 0 Å². The van der Waals surface area contributed by atoms with Crippen molar-refractivity contribution < 1.29 is 15.0 Å². The van der Waals surface area contributed by atoms with Gasteiger partial charge in [0, 0.05) is 24.5 Å². The quantitative estimate of drug-likeness (QED) is 0.315. The first kappa shape index (κ1) is 21.4. The molecule has 1 aromatic carbocycles. The molecule has 1 amide bonds. The number of aliphatic hydroxyl groups is 2. The van der Waals surface area contributed by atoms with Crippen LogP contribution in [-0.4, -0.2) is 61.2 Å². The summed E-state index contributed by atoms with van der Waals surface area (Å²) in [6.45, 7) is 0.501. The minimum atomic E-state index is -1.14. The summed E-state index contributed by atoms with van der Waals surface area (Å²) in [6, 6.07) is 7.05. The van der Waals surface area contributed by atoms with Gasteiger partial charge in [-0.1, -0.05) is 35.5 Å². The molecule has 5 atom stereocenters. The van der Waals surface area contributed by atoms with E-state index in [1.54, 1.807) is 17.9 Å². The lowest BCUT2D eigenvalue weighted by Gasteiger charge is -2.23. The van der Waals surface area contributed by atoms with Gasteiger partial charge in [0.2, 0.25) is 5.91 Å². The Balaban J connectivity index is 1.51. The Labute approximate surface area is 193 Å². The number of benzene rings is 1. The Bertz CT molecular complexity index is 1210. The first-order valence-electron chi connectivity index (χ1n) is 10.3. The van der Waals surface area contributed by atoms with E-state index in [1.807, 2.05) is 30.5 Å². The lowest BCUT2D eigenvalue weighted by atomic mass is 9.98. The summed E-state index contributed by atoms with van der Waals surface area (Å²) < 4.78 is 1.78. The van der Waals surface area contributed by atoms with Gasteiger partial charge in [0.25, 0.3) is 0 Å². The van der Waals surface area contributed by atoms with Gasteiger partial charge in [0.15, 0.2) is 22.1 Å². The van der Waals surface area contributed by atoms with Crippen LogP contribution in [0.2, 0.25) is 5.02 Å². The Morgan fingerprint density at radius 3 is 2.91 bits per heavy atom. The van der Waals surface area contributed by atoms with Gasteiger partial charge in [-0.3, -0.25) is 4.79 Å². The first-order valence-corrected chi connectivity index (χ1v) is 11.9. The zero-order valence-electron chi connectivity index (χ0n) is 17.5. The van der Waals surface area contributed by atoms with E-state index in [1.165, 1.54) is 11.8 Å². The number of aromatic nitrogens is 4. The molecule has 5 rings (SSSR count). The number of nitrogens with one attached hydrogen (secondary N) is 2. The maximum absolute atomic E-state index is 12.5. The van der Waals surface area contributed by atoms with Crippen molar-refractivity contribution in [2.24, 2.45) is 11.3 Å². The lowest BCUT2D eigenvalue weighted by molar-refractivity contribution is -0.132. The number of imidazole rings is 1. The van der Waals surface area contributed by atoms with Gasteiger partial charge in [0.1, 0.15) is 6.10 Å².